The lowest BCUT2D eigenvalue weighted by atomic mass is 10.0. The first kappa shape index (κ1) is 60.6. The standard InChI is InChI=1S/C48H90Cl3N2O7P/c1-3-5-7-9-11-13-15-17-19-21-23-25-27-29-31-34-46(54)57-42-45(43-61(58-39-33-36-52)59-41-38-53-37-40-56-44-48(49,50)51)60-47(55)35-32-30-28-26-24-22-20-18-16-14-12-10-8-6-4-2/h45,53H,3-35,37-44H2,1-2H3. The van der Waals surface area contributed by atoms with Crippen LogP contribution in [0, 0.1) is 11.3 Å². The van der Waals surface area contributed by atoms with Crippen molar-refractivity contribution in [3.8, 4) is 6.07 Å². The van der Waals surface area contributed by atoms with Crippen LogP contribution in [0.5, 0.6) is 0 Å². The quantitative estimate of drug-likeness (QED) is 0.0275. The minimum absolute atomic E-state index is 0.00250. The highest BCUT2D eigenvalue weighted by molar-refractivity contribution is 7.47. The van der Waals surface area contributed by atoms with E-state index >= 15 is 0 Å². The summed E-state index contributed by atoms with van der Waals surface area (Å²) in [6.45, 7) is 6.40. The first-order valence-electron chi connectivity index (χ1n) is 24.8. The average Bonchev–Trinajstić information content (AvgIpc) is 3.23. The Balaban J connectivity index is 4.66. The van der Waals surface area contributed by atoms with Crippen LogP contribution in [0.2, 0.25) is 0 Å². The van der Waals surface area contributed by atoms with Crippen LogP contribution >= 0.6 is 43.2 Å². The Kier molecular flexibility index (Phi) is 47.2. The molecule has 13 heteroatoms. The maximum absolute atomic E-state index is 13.0. The SMILES string of the molecule is CCCCCCCCCCCCCCCCCC(=O)OCC(CP(OCCC#N)OCCNCCOCC(Cl)(Cl)Cl)OC(=O)CCCCCCCCCCCCCCCCC. The third-order valence-electron chi connectivity index (χ3n) is 10.7. The maximum atomic E-state index is 13.0. The van der Waals surface area contributed by atoms with Crippen LogP contribution in [0.1, 0.15) is 226 Å². The molecule has 0 aromatic carbocycles. The molecule has 0 aliphatic heterocycles. The zero-order valence-corrected chi connectivity index (χ0v) is 42.1. The summed E-state index contributed by atoms with van der Waals surface area (Å²) >= 11 is 17.2. The van der Waals surface area contributed by atoms with Gasteiger partial charge in [-0.2, -0.15) is 5.26 Å². The number of alkyl halides is 3. The number of nitrogens with one attached hydrogen (secondary N) is 1. The second-order valence-electron chi connectivity index (χ2n) is 16.7. The van der Waals surface area contributed by atoms with Gasteiger partial charge >= 0.3 is 11.9 Å². The average molecular weight is 945 g/mol. The number of unbranched alkanes of at least 4 members (excludes halogenated alkanes) is 28. The van der Waals surface area contributed by atoms with E-state index in [1.165, 1.54) is 154 Å². The Labute approximate surface area is 390 Å². The van der Waals surface area contributed by atoms with E-state index in [-0.39, 0.29) is 44.3 Å². The van der Waals surface area contributed by atoms with Gasteiger partial charge in [-0.15, -0.1) is 0 Å². The number of hydrogen-bond donors (Lipinski definition) is 1. The molecule has 1 N–H and O–H groups in total. The number of esters is 2. The van der Waals surface area contributed by atoms with Gasteiger partial charge in [-0.3, -0.25) is 9.59 Å². The summed E-state index contributed by atoms with van der Waals surface area (Å²) in [5.41, 5.74) is 0. The van der Waals surface area contributed by atoms with Gasteiger partial charge in [0.05, 0.1) is 45.1 Å². The molecule has 0 radical (unpaired) electrons. The van der Waals surface area contributed by atoms with E-state index in [1.807, 2.05) is 0 Å². The van der Waals surface area contributed by atoms with E-state index in [4.69, 9.17) is 63.3 Å². The van der Waals surface area contributed by atoms with Crippen molar-refractivity contribution in [3.63, 3.8) is 0 Å². The molecule has 0 spiro atoms. The number of carbonyl (C=O) groups is 2. The zero-order chi connectivity index (χ0) is 44.8. The molecule has 0 heterocycles. The number of rotatable bonds is 48. The van der Waals surface area contributed by atoms with Gasteiger partial charge in [0.15, 0.2) is 8.38 Å². The summed E-state index contributed by atoms with van der Waals surface area (Å²) in [4.78, 5) is 25.8. The molecule has 0 saturated carbocycles. The lowest BCUT2D eigenvalue weighted by Crippen LogP contribution is -2.29. The minimum atomic E-state index is -1.52. The highest BCUT2D eigenvalue weighted by atomic mass is 35.6. The molecule has 0 aromatic heterocycles. The van der Waals surface area contributed by atoms with E-state index in [9.17, 15) is 9.59 Å². The van der Waals surface area contributed by atoms with Crippen LogP contribution < -0.4 is 5.32 Å². The third kappa shape index (κ3) is 48.9. The van der Waals surface area contributed by atoms with Gasteiger partial charge in [-0.1, -0.05) is 228 Å². The first-order chi connectivity index (χ1) is 29.7. The van der Waals surface area contributed by atoms with Crippen molar-refractivity contribution in [3.05, 3.63) is 0 Å². The van der Waals surface area contributed by atoms with Gasteiger partial charge in [0, 0.05) is 25.9 Å². The Morgan fingerprint density at radius 3 is 1.39 bits per heavy atom. The minimum Gasteiger partial charge on any atom is -0.462 e. The molecule has 0 amide bonds. The van der Waals surface area contributed by atoms with Crippen LogP contribution in [0.25, 0.3) is 0 Å². The fourth-order valence-corrected chi connectivity index (χ4v) is 8.71. The van der Waals surface area contributed by atoms with E-state index in [0.29, 0.717) is 39.1 Å². The van der Waals surface area contributed by atoms with Crippen molar-refractivity contribution < 1.29 is 32.8 Å². The molecular formula is C48H90Cl3N2O7P. The maximum Gasteiger partial charge on any atom is 0.306 e. The zero-order valence-electron chi connectivity index (χ0n) is 39.0. The van der Waals surface area contributed by atoms with Gasteiger partial charge in [-0.25, -0.2) is 0 Å². The second kappa shape index (κ2) is 47.5. The third-order valence-corrected chi connectivity index (χ3v) is 12.7. The smallest absolute Gasteiger partial charge is 0.306 e. The lowest BCUT2D eigenvalue weighted by molar-refractivity contribution is -0.158. The van der Waals surface area contributed by atoms with E-state index in [2.05, 4.69) is 25.2 Å². The van der Waals surface area contributed by atoms with Crippen LogP contribution in [0.3, 0.4) is 0 Å². The predicted molar refractivity (Wildman–Crippen MR) is 258 cm³/mol. The molecule has 2 atom stereocenters. The summed E-state index contributed by atoms with van der Waals surface area (Å²) in [7, 11) is -1.52. The van der Waals surface area contributed by atoms with Crippen LogP contribution in [-0.4, -0.2) is 74.1 Å². The Bertz CT molecular complexity index is 1010. The molecule has 0 bridgehead atoms. The molecule has 9 nitrogen and oxygen atoms in total. The highest BCUT2D eigenvalue weighted by Crippen LogP contribution is 2.39. The largest absolute Gasteiger partial charge is 0.462 e. The molecule has 0 aromatic rings. The van der Waals surface area contributed by atoms with Crippen LogP contribution in [-0.2, 0) is 32.8 Å². The molecule has 0 rings (SSSR count). The van der Waals surface area contributed by atoms with Crippen molar-refractivity contribution in [2.24, 2.45) is 0 Å². The van der Waals surface area contributed by atoms with Gasteiger partial charge < -0.3 is 28.6 Å². The van der Waals surface area contributed by atoms with Crippen LogP contribution in [0.4, 0.5) is 0 Å². The number of halogens is 3. The Morgan fingerprint density at radius 2 is 0.967 bits per heavy atom. The second-order valence-corrected chi connectivity index (χ2v) is 20.8. The van der Waals surface area contributed by atoms with Gasteiger partial charge in [0.1, 0.15) is 12.7 Å². The van der Waals surface area contributed by atoms with Crippen molar-refractivity contribution in [2.45, 2.75) is 236 Å². The lowest BCUT2D eigenvalue weighted by Gasteiger charge is -2.23. The fraction of sp³-hybridized carbons (Fsp3) is 0.938. The first-order valence-corrected chi connectivity index (χ1v) is 27.3. The molecule has 360 valence electrons. The molecule has 0 fully saturated rings. The summed E-state index contributed by atoms with van der Waals surface area (Å²) in [5, 5.41) is 12.3. The van der Waals surface area contributed by atoms with Crippen molar-refractivity contribution in [1.82, 2.24) is 5.32 Å². The number of nitrogens with zero attached hydrogens (tertiary/aromatic N) is 1. The van der Waals surface area contributed by atoms with Gasteiger partial charge in [0.2, 0.25) is 3.79 Å². The van der Waals surface area contributed by atoms with Crippen molar-refractivity contribution >= 4 is 55.1 Å². The summed E-state index contributed by atoms with van der Waals surface area (Å²) in [6.07, 6.45) is 38.3. The summed E-state index contributed by atoms with van der Waals surface area (Å²) in [6, 6.07) is 2.09. The topological polar surface area (TPSA) is 116 Å². The highest BCUT2D eigenvalue weighted by Gasteiger charge is 2.24. The monoisotopic (exact) mass is 943 g/mol. The van der Waals surface area contributed by atoms with Gasteiger partial charge in [-0.05, 0) is 12.8 Å². The summed E-state index contributed by atoms with van der Waals surface area (Å²) in [5.74, 6) is -0.586. The molecule has 0 saturated heterocycles. The number of carbonyl (C=O) groups excluding carboxylic acids is 2. The molecular weight excluding hydrogens is 854 g/mol. The number of ether oxygens (including phenoxy) is 3. The Hall–Kier alpha value is -0.430. The fourth-order valence-electron chi connectivity index (χ4n) is 7.09. The molecule has 2 unspecified atom stereocenters. The van der Waals surface area contributed by atoms with Gasteiger partial charge in [0.25, 0.3) is 0 Å². The number of hydrogen-bond acceptors (Lipinski definition) is 9. The van der Waals surface area contributed by atoms with E-state index in [1.54, 1.807) is 0 Å². The van der Waals surface area contributed by atoms with Crippen molar-refractivity contribution in [2.75, 3.05) is 52.3 Å². The summed E-state index contributed by atoms with van der Waals surface area (Å²) < 4.78 is 27.4. The van der Waals surface area contributed by atoms with Crippen molar-refractivity contribution in [1.29, 1.82) is 5.26 Å². The molecule has 0 aliphatic rings. The normalized spacial score (nSPS) is 12.7. The van der Waals surface area contributed by atoms with E-state index in [0.717, 1.165) is 38.5 Å². The van der Waals surface area contributed by atoms with Crippen LogP contribution in [0.15, 0.2) is 0 Å². The molecule has 61 heavy (non-hydrogen) atoms. The predicted octanol–water partition coefficient (Wildman–Crippen LogP) is 15.2. The Morgan fingerprint density at radius 1 is 0.574 bits per heavy atom. The number of nitriles is 1. The van der Waals surface area contributed by atoms with E-state index < -0.39 is 18.3 Å². The molecule has 0 aliphatic carbocycles.